The molecule has 0 saturated carbocycles. The Morgan fingerprint density at radius 2 is 2.50 bits per heavy atom. The summed E-state index contributed by atoms with van der Waals surface area (Å²) in [5.41, 5.74) is 0. The van der Waals surface area contributed by atoms with Crippen molar-refractivity contribution in [3.05, 3.63) is 24.5 Å². The molecule has 3 nitrogen and oxygen atoms in total. The summed E-state index contributed by atoms with van der Waals surface area (Å²) in [5.74, 6) is 0.860. The van der Waals surface area contributed by atoms with E-state index in [1.807, 2.05) is 12.1 Å². The Bertz CT molecular complexity index is 281. The van der Waals surface area contributed by atoms with E-state index in [2.05, 4.69) is 26.2 Å². The van der Waals surface area contributed by atoms with Gasteiger partial charge in [-0.25, -0.2) is 0 Å². The molecule has 0 radical (unpaired) electrons. The highest BCUT2D eigenvalue weighted by Crippen LogP contribution is 2.19. The highest BCUT2D eigenvalue weighted by Gasteiger charge is 2.20. The minimum atomic E-state index is 0.296. The summed E-state index contributed by atoms with van der Waals surface area (Å²) in [7, 11) is 0. The Labute approximate surface area is 92.0 Å². The lowest BCUT2D eigenvalue weighted by Crippen LogP contribution is -2.38. The van der Waals surface area contributed by atoms with Crippen LogP contribution in [0.2, 0.25) is 0 Å². The van der Waals surface area contributed by atoms with Crippen LogP contribution in [-0.2, 0) is 0 Å². The third-order valence-electron chi connectivity index (χ3n) is 2.24. The zero-order valence-corrected chi connectivity index (χ0v) is 9.40. The Kier molecular flexibility index (Phi) is 3.37. The van der Waals surface area contributed by atoms with Gasteiger partial charge in [-0.2, -0.15) is 0 Å². The largest absolute Gasteiger partial charge is 0.489 e. The van der Waals surface area contributed by atoms with E-state index in [9.17, 15) is 0 Å². The molecule has 1 aliphatic rings. The average molecular weight is 257 g/mol. The summed E-state index contributed by atoms with van der Waals surface area (Å²) < 4.78 is 5.79. The molecule has 0 bridgehead atoms. The van der Waals surface area contributed by atoms with Crippen molar-refractivity contribution in [1.82, 2.24) is 10.3 Å². The van der Waals surface area contributed by atoms with Crippen molar-refractivity contribution in [2.24, 2.45) is 0 Å². The number of rotatable bonds is 2. The smallest absolute Gasteiger partial charge is 0.137 e. The van der Waals surface area contributed by atoms with Crippen molar-refractivity contribution in [3.8, 4) is 5.75 Å². The van der Waals surface area contributed by atoms with E-state index in [0.717, 1.165) is 25.1 Å². The minimum Gasteiger partial charge on any atom is -0.489 e. The summed E-state index contributed by atoms with van der Waals surface area (Å²) >= 11 is 3.54. The highest BCUT2D eigenvalue weighted by molar-refractivity contribution is 9.09. The van der Waals surface area contributed by atoms with Gasteiger partial charge in [-0.1, -0.05) is 15.9 Å². The molecular formula is C10H13BrN2O. The van der Waals surface area contributed by atoms with Crippen LogP contribution < -0.4 is 10.1 Å². The zero-order valence-electron chi connectivity index (χ0n) is 7.82. The molecule has 14 heavy (non-hydrogen) atoms. The van der Waals surface area contributed by atoms with Crippen LogP contribution in [0.1, 0.15) is 12.8 Å². The fourth-order valence-electron chi connectivity index (χ4n) is 1.55. The first kappa shape index (κ1) is 9.93. The van der Waals surface area contributed by atoms with Gasteiger partial charge in [0.2, 0.25) is 0 Å². The first-order chi connectivity index (χ1) is 6.84. The Morgan fingerprint density at radius 3 is 3.21 bits per heavy atom. The molecule has 1 fully saturated rings. The molecule has 0 aromatic carbocycles. The summed E-state index contributed by atoms with van der Waals surface area (Å²) in [4.78, 5) is 4.39. The van der Waals surface area contributed by atoms with Crippen LogP contribution in [0.25, 0.3) is 0 Å². The van der Waals surface area contributed by atoms with Crippen molar-refractivity contribution in [3.63, 3.8) is 0 Å². The lowest BCUT2D eigenvalue weighted by Gasteiger charge is -2.27. The predicted molar refractivity (Wildman–Crippen MR) is 58.6 cm³/mol. The molecule has 0 spiro atoms. The summed E-state index contributed by atoms with van der Waals surface area (Å²) in [6.45, 7) is 1.00. The van der Waals surface area contributed by atoms with Crippen LogP contribution in [0.15, 0.2) is 24.5 Å². The van der Waals surface area contributed by atoms with E-state index in [0.29, 0.717) is 11.1 Å². The number of piperidine rings is 1. The SMILES string of the molecule is BrC1CC(Oc2cccnc2)CCN1. The van der Waals surface area contributed by atoms with Gasteiger partial charge in [0.1, 0.15) is 11.9 Å². The second-order valence-electron chi connectivity index (χ2n) is 3.37. The van der Waals surface area contributed by atoms with Gasteiger partial charge < -0.3 is 10.1 Å². The molecule has 4 heteroatoms. The lowest BCUT2D eigenvalue weighted by molar-refractivity contribution is 0.157. The van der Waals surface area contributed by atoms with E-state index in [-0.39, 0.29) is 0 Å². The predicted octanol–water partition coefficient (Wildman–Crippen LogP) is 1.93. The highest BCUT2D eigenvalue weighted by atomic mass is 79.9. The van der Waals surface area contributed by atoms with Crippen LogP contribution in [0.5, 0.6) is 5.75 Å². The number of alkyl halides is 1. The minimum absolute atomic E-state index is 0.296. The van der Waals surface area contributed by atoms with Gasteiger partial charge in [-0.05, 0) is 25.1 Å². The molecule has 1 N–H and O–H groups in total. The quantitative estimate of drug-likeness (QED) is 0.649. The molecule has 1 aromatic rings. The van der Waals surface area contributed by atoms with E-state index < -0.39 is 0 Å². The van der Waals surface area contributed by atoms with Crippen LogP contribution in [0.4, 0.5) is 0 Å². The number of hydrogen-bond donors (Lipinski definition) is 1. The van der Waals surface area contributed by atoms with Gasteiger partial charge in [-0.3, -0.25) is 4.98 Å². The Balaban J connectivity index is 1.91. The van der Waals surface area contributed by atoms with Crippen LogP contribution in [0, 0.1) is 0 Å². The van der Waals surface area contributed by atoms with Crippen LogP contribution >= 0.6 is 15.9 Å². The van der Waals surface area contributed by atoms with Crippen molar-refractivity contribution in [1.29, 1.82) is 0 Å². The van der Waals surface area contributed by atoms with Gasteiger partial charge in [0.05, 0.1) is 11.1 Å². The number of pyridine rings is 1. The molecule has 2 heterocycles. The fourth-order valence-corrected chi connectivity index (χ4v) is 2.20. The summed E-state index contributed by atoms with van der Waals surface area (Å²) in [6, 6.07) is 3.83. The zero-order chi connectivity index (χ0) is 9.80. The molecule has 0 aliphatic carbocycles. The maximum Gasteiger partial charge on any atom is 0.137 e. The van der Waals surface area contributed by atoms with E-state index >= 15 is 0 Å². The van der Waals surface area contributed by atoms with Crippen molar-refractivity contribution in [2.45, 2.75) is 23.9 Å². The average Bonchev–Trinajstić information content (AvgIpc) is 2.19. The number of halogens is 1. The van der Waals surface area contributed by atoms with Crippen LogP contribution in [-0.4, -0.2) is 22.6 Å². The Hall–Kier alpha value is -0.610. The lowest BCUT2D eigenvalue weighted by atomic mass is 10.1. The van der Waals surface area contributed by atoms with Crippen molar-refractivity contribution < 1.29 is 4.74 Å². The standard InChI is InChI=1S/C10H13BrN2O/c11-10-6-8(3-5-13-10)14-9-2-1-4-12-7-9/h1-2,4,7-8,10,13H,3,5-6H2. The van der Waals surface area contributed by atoms with Crippen LogP contribution in [0.3, 0.4) is 0 Å². The normalized spacial score (nSPS) is 27.2. The van der Waals surface area contributed by atoms with Gasteiger partial charge >= 0.3 is 0 Å². The number of aromatic nitrogens is 1. The third kappa shape index (κ3) is 2.69. The molecule has 0 amide bonds. The molecule has 1 aliphatic heterocycles. The number of hydrogen-bond acceptors (Lipinski definition) is 3. The molecule has 1 saturated heterocycles. The second kappa shape index (κ2) is 4.75. The molecule has 2 rings (SSSR count). The third-order valence-corrected chi connectivity index (χ3v) is 2.94. The molecular weight excluding hydrogens is 244 g/mol. The topological polar surface area (TPSA) is 34.1 Å². The van der Waals surface area contributed by atoms with Crippen molar-refractivity contribution in [2.75, 3.05) is 6.54 Å². The fraction of sp³-hybridized carbons (Fsp3) is 0.500. The first-order valence-corrected chi connectivity index (χ1v) is 5.70. The van der Waals surface area contributed by atoms with E-state index in [1.54, 1.807) is 12.4 Å². The molecule has 1 aromatic heterocycles. The molecule has 76 valence electrons. The summed E-state index contributed by atoms with van der Waals surface area (Å²) in [5, 5.41) is 3.32. The van der Waals surface area contributed by atoms with Gasteiger partial charge in [0.25, 0.3) is 0 Å². The van der Waals surface area contributed by atoms with Gasteiger partial charge in [0, 0.05) is 12.6 Å². The maximum atomic E-state index is 5.79. The number of nitrogens with one attached hydrogen (secondary N) is 1. The van der Waals surface area contributed by atoms with Gasteiger partial charge in [0.15, 0.2) is 0 Å². The number of nitrogens with zero attached hydrogens (tertiary/aromatic N) is 1. The monoisotopic (exact) mass is 256 g/mol. The second-order valence-corrected chi connectivity index (χ2v) is 4.48. The Morgan fingerprint density at radius 1 is 1.57 bits per heavy atom. The molecule has 2 unspecified atom stereocenters. The first-order valence-electron chi connectivity index (χ1n) is 4.79. The van der Waals surface area contributed by atoms with E-state index in [1.165, 1.54) is 0 Å². The van der Waals surface area contributed by atoms with E-state index in [4.69, 9.17) is 4.74 Å². The number of ether oxygens (including phenoxy) is 1. The molecule has 2 atom stereocenters. The maximum absolute atomic E-state index is 5.79. The summed E-state index contributed by atoms with van der Waals surface area (Å²) in [6.07, 6.45) is 5.85. The van der Waals surface area contributed by atoms with Crippen molar-refractivity contribution >= 4 is 15.9 Å². The van der Waals surface area contributed by atoms with Gasteiger partial charge in [-0.15, -0.1) is 0 Å².